The van der Waals surface area contributed by atoms with E-state index in [9.17, 15) is 9.18 Å². The maximum atomic E-state index is 13.5. The van der Waals surface area contributed by atoms with Gasteiger partial charge in [-0.1, -0.05) is 0 Å². The summed E-state index contributed by atoms with van der Waals surface area (Å²) in [7, 11) is 0. The predicted molar refractivity (Wildman–Crippen MR) is 70.2 cm³/mol. The molecule has 0 radical (unpaired) electrons. The Labute approximate surface area is 110 Å². The number of hydrogen-bond donors (Lipinski definition) is 2. The van der Waals surface area contributed by atoms with Crippen LogP contribution in [0, 0.1) is 19.7 Å². The summed E-state index contributed by atoms with van der Waals surface area (Å²) in [5.41, 5.74) is 6.44. The van der Waals surface area contributed by atoms with Crippen LogP contribution < -0.4 is 11.1 Å². The Morgan fingerprint density at radius 2 is 2.11 bits per heavy atom. The van der Waals surface area contributed by atoms with E-state index in [0.29, 0.717) is 11.3 Å². The summed E-state index contributed by atoms with van der Waals surface area (Å²) in [5, 5.41) is 2.65. The molecule has 0 bridgehead atoms. The molecule has 19 heavy (non-hydrogen) atoms. The highest BCUT2D eigenvalue weighted by Crippen LogP contribution is 2.17. The van der Waals surface area contributed by atoms with Crippen molar-refractivity contribution >= 4 is 11.6 Å². The van der Waals surface area contributed by atoms with Crippen LogP contribution in [-0.4, -0.2) is 5.91 Å². The molecule has 0 aliphatic rings. The van der Waals surface area contributed by atoms with Crippen molar-refractivity contribution < 1.29 is 13.6 Å². The SMILES string of the molecule is Cc1ccc(CNC(=O)c2cc(N)c(C)c(F)c2)o1. The molecule has 0 aliphatic heterocycles. The lowest BCUT2D eigenvalue weighted by Gasteiger charge is -2.07. The molecule has 0 spiro atoms. The van der Waals surface area contributed by atoms with Gasteiger partial charge in [-0.3, -0.25) is 4.79 Å². The van der Waals surface area contributed by atoms with Gasteiger partial charge in [-0.05, 0) is 38.1 Å². The molecule has 4 nitrogen and oxygen atoms in total. The van der Waals surface area contributed by atoms with Crippen molar-refractivity contribution in [1.82, 2.24) is 5.32 Å². The molecule has 0 fully saturated rings. The second kappa shape index (κ2) is 5.14. The summed E-state index contributed by atoms with van der Waals surface area (Å²) >= 11 is 0. The lowest BCUT2D eigenvalue weighted by molar-refractivity contribution is 0.0947. The van der Waals surface area contributed by atoms with Gasteiger partial charge < -0.3 is 15.5 Å². The van der Waals surface area contributed by atoms with Crippen LogP contribution in [0.5, 0.6) is 0 Å². The number of nitrogen functional groups attached to an aromatic ring is 1. The zero-order chi connectivity index (χ0) is 14.0. The summed E-state index contributed by atoms with van der Waals surface area (Å²) in [4.78, 5) is 11.9. The van der Waals surface area contributed by atoms with Crippen LogP contribution in [0.15, 0.2) is 28.7 Å². The molecule has 0 aliphatic carbocycles. The highest BCUT2D eigenvalue weighted by molar-refractivity contribution is 5.95. The molecule has 2 aromatic rings. The summed E-state index contributed by atoms with van der Waals surface area (Å²) in [5.74, 6) is 0.542. The van der Waals surface area contributed by atoms with E-state index in [4.69, 9.17) is 10.2 Å². The molecule has 3 N–H and O–H groups in total. The average Bonchev–Trinajstić information content (AvgIpc) is 2.78. The number of hydrogen-bond acceptors (Lipinski definition) is 3. The first-order chi connectivity index (χ1) is 8.97. The molecule has 0 unspecified atom stereocenters. The zero-order valence-electron chi connectivity index (χ0n) is 10.8. The molecule has 0 atom stereocenters. The fraction of sp³-hybridized carbons (Fsp3) is 0.214. The average molecular weight is 262 g/mol. The molecule has 100 valence electrons. The smallest absolute Gasteiger partial charge is 0.251 e. The molecular weight excluding hydrogens is 247 g/mol. The van der Waals surface area contributed by atoms with Crippen molar-refractivity contribution in [3.63, 3.8) is 0 Å². The molecular formula is C14H15FN2O2. The normalized spacial score (nSPS) is 10.5. The topological polar surface area (TPSA) is 68.3 Å². The molecule has 5 heteroatoms. The van der Waals surface area contributed by atoms with Crippen LogP contribution in [0.3, 0.4) is 0 Å². The van der Waals surface area contributed by atoms with Gasteiger partial charge in [0, 0.05) is 16.8 Å². The molecule has 0 saturated carbocycles. The Bertz CT molecular complexity index is 597. The highest BCUT2D eigenvalue weighted by Gasteiger charge is 2.11. The fourth-order valence-corrected chi connectivity index (χ4v) is 1.68. The summed E-state index contributed by atoms with van der Waals surface area (Å²) in [6.07, 6.45) is 0. The first kappa shape index (κ1) is 13.1. The standard InChI is InChI=1S/C14H15FN2O2/c1-8-3-4-11(19-8)7-17-14(18)10-5-12(15)9(2)13(16)6-10/h3-6H,7,16H2,1-2H3,(H,17,18). The van der Waals surface area contributed by atoms with Crippen LogP contribution in [0.25, 0.3) is 0 Å². The Balaban J connectivity index is 2.08. The van der Waals surface area contributed by atoms with Gasteiger partial charge in [-0.15, -0.1) is 0 Å². The third-order valence-corrected chi connectivity index (χ3v) is 2.87. The van der Waals surface area contributed by atoms with Gasteiger partial charge >= 0.3 is 0 Å². The Morgan fingerprint density at radius 1 is 1.37 bits per heavy atom. The molecule has 0 saturated heterocycles. The highest BCUT2D eigenvalue weighted by atomic mass is 19.1. The maximum Gasteiger partial charge on any atom is 0.251 e. The van der Waals surface area contributed by atoms with Gasteiger partial charge in [0.15, 0.2) is 0 Å². The number of carbonyl (C=O) groups is 1. The van der Waals surface area contributed by atoms with Crippen LogP contribution in [0.1, 0.15) is 27.4 Å². The molecule has 1 aromatic carbocycles. The Kier molecular flexibility index (Phi) is 3.55. The number of furan rings is 1. The molecule has 1 heterocycles. The second-order valence-corrected chi connectivity index (χ2v) is 4.37. The number of halogens is 1. The summed E-state index contributed by atoms with van der Waals surface area (Å²) < 4.78 is 18.8. The van der Waals surface area contributed by atoms with Crippen LogP contribution in [-0.2, 0) is 6.54 Å². The van der Waals surface area contributed by atoms with Gasteiger partial charge in [0.1, 0.15) is 17.3 Å². The number of anilines is 1. The van der Waals surface area contributed by atoms with Crippen molar-refractivity contribution in [2.75, 3.05) is 5.73 Å². The quantitative estimate of drug-likeness (QED) is 0.835. The van der Waals surface area contributed by atoms with Crippen LogP contribution in [0.2, 0.25) is 0 Å². The van der Waals surface area contributed by atoms with Crippen LogP contribution in [0.4, 0.5) is 10.1 Å². The monoisotopic (exact) mass is 262 g/mol. The van der Waals surface area contributed by atoms with E-state index in [1.165, 1.54) is 12.1 Å². The lowest BCUT2D eigenvalue weighted by atomic mass is 10.1. The number of rotatable bonds is 3. The first-order valence-electron chi connectivity index (χ1n) is 5.86. The van der Waals surface area contributed by atoms with Gasteiger partial charge in [-0.2, -0.15) is 0 Å². The predicted octanol–water partition coefficient (Wildman–Crippen LogP) is 2.55. The lowest BCUT2D eigenvalue weighted by Crippen LogP contribution is -2.23. The van der Waals surface area contributed by atoms with E-state index in [1.807, 2.05) is 13.0 Å². The van der Waals surface area contributed by atoms with Crippen LogP contribution >= 0.6 is 0 Å². The Morgan fingerprint density at radius 3 is 2.68 bits per heavy atom. The third kappa shape index (κ3) is 2.93. The summed E-state index contributed by atoms with van der Waals surface area (Å²) in [6, 6.07) is 6.22. The minimum atomic E-state index is -0.487. The van der Waals surface area contributed by atoms with Crippen molar-refractivity contribution in [2.45, 2.75) is 20.4 Å². The van der Waals surface area contributed by atoms with E-state index in [2.05, 4.69) is 5.32 Å². The third-order valence-electron chi connectivity index (χ3n) is 2.87. The number of aryl methyl sites for hydroxylation is 1. The Hall–Kier alpha value is -2.30. The number of benzene rings is 1. The fourth-order valence-electron chi connectivity index (χ4n) is 1.68. The minimum Gasteiger partial charge on any atom is -0.465 e. The first-order valence-corrected chi connectivity index (χ1v) is 5.86. The van der Waals surface area contributed by atoms with Gasteiger partial charge in [0.2, 0.25) is 0 Å². The van der Waals surface area contributed by atoms with Gasteiger partial charge in [0.05, 0.1) is 6.54 Å². The van der Waals surface area contributed by atoms with E-state index in [0.717, 1.165) is 5.76 Å². The van der Waals surface area contributed by atoms with E-state index >= 15 is 0 Å². The van der Waals surface area contributed by atoms with Crippen molar-refractivity contribution in [1.29, 1.82) is 0 Å². The van der Waals surface area contributed by atoms with Crippen molar-refractivity contribution in [2.24, 2.45) is 0 Å². The molecule has 1 aromatic heterocycles. The van der Waals surface area contributed by atoms with E-state index in [1.54, 1.807) is 13.0 Å². The number of nitrogens with one attached hydrogen (secondary N) is 1. The number of amides is 1. The van der Waals surface area contributed by atoms with Gasteiger partial charge in [-0.25, -0.2) is 4.39 Å². The molecule has 2 rings (SSSR count). The maximum absolute atomic E-state index is 13.5. The summed E-state index contributed by atoms with van der Waals surface area (Å²) in [6.45, 7) is 3.64. The number of nitrogens with two attached hydrogens (primary N) is 1. The second-order valence-electron chi connectivity index (χ2n) is 4.37. The zero-order valence-corrected chi connectivity index (χ0v) is 10.8. The van der Waals surface area contributed by atoms with Crippen molar-refractivity contribution in [3.8, 4) is 0 Å². The van der Waals surface area contributed by atoms with Gasteiger partial charge in [0.25, 0.3) is 5.91 Å². The van der Waals surface area contributed by atoms with E-state index < -0.39 is 5.82 Å². The number of carbonyl (C=O) groups excluding carboxylic acids is 1. The van der Waals surface area contributed by atoms with E-state index in [-0.39, 0.29) is 23.7 Å². The minimum absolute atomic E-state index is 0.198. The van der Waals surface area contributed by atoms with Crippen molar-refractivity contribution in [3.05, 3.63) is 52.7 Å². The largest absolute Gasteiger partial charge is 0.465 e. The molecule has 1 amide bonds.